The maximum absolute atomic E-state index is 13.2. The third kappa shape index (κ3) is 3.79. The first-order valence-corrected chi connectivity index (χ1v) is 10.3. The molecule has 0 spiro atoms. The molecular formula is C22H29FN2O3. The molecule has 0 aliphatic heterocycles. The second-order valence-electron chi connectivity index (χ2n) is 8.98. The van der Waals surface area contributed by atoms with Crippen molar-refractivity contribution in [3.8, 4) is 0 Å². The summed E-state index contributed by atoms with van der Waals surface area (Å²) in [4.78, 5) is 26.0. The second-order valence-corrected chi connectivity index (χ2v) is 8.98. The van der Waals surface area contributed by atoms with Gasteiger partial charge in [-0.15, -0.1) is 0 Å². The SMILES string of the molecule is COCCNC(=O)C(NC(=O)c1ccc(F)cc1)C12CC3CC(CC(C3)C1)C2. The number of rotatable bonds is 7. The van der Waals surface area contributed by atoms with Gasteiger partial charge in [0, 0.05) is 24.6 Å². The summed E-state index contributed by atoms with van der Waals surface area (Å²) in [5.41, 5.74) is 0.211. The van der Waals surface area contributed by atoms with Gasteiger partial charge in [-0.25, -0.2) is 4.39 Å². The maximum Gasteiger partial charge on any atom is 0.251 e. The highest BCUT2D eigenvalue weighted by Gasteiger charge is 2.56. The Balaban J connectivity index is 1.56. The molecule has 1 aromatic carbocycles. The van der Waals surface area contributed by atoms with Crippen LogP contribution >= 0.6 is 0 Å². The van der Waals surface area contributed by atoms with Crippen LogP contribution in [-0.4, -0.2) is 38.1 Å². The lowest BCUT2D eigenvalue weighted by Gasteiger charge is -2.58. The normalized spacial score (nSPS) is 31.4. The molecule has 4 fully saturated rings. The van der Waals surface area contributed by atoms with Gasteiger partial charge >= 0.3 is 0 Å². The van der Waals surface area contributed by atoms with Crippen LogP contribution in [0.1, 0.15) is 48.9 Å². The summed E-state index contributed by atoms with van der Waals surface area (Å²) in [7, 11) is 1.60. The number of nitrogens with one attached hydrogen (secondary N) is 2. The molecule has 28 heavy (non-hydrogen) atoms. The molecule has 1 aromatic rings. The highest BCUT2D eigenvalue weighted by Crippen LogP contribution is 2.61. The zero-order valence-electron chi connectivity index (χ0n) is 16.4. The second kappa shape index (κ2) is 7.82. The first-order valence-electron chi connectivity index (χ1n) is 10.3. The monoisotopic (exact) mass is 388 g/mol. The van der Waals surface area contributed by atoms with Gasteiger partial charge in [-0.2, -0.15) is 0 Å². The van der Waals surface area contributed by atoms with Crippen molar-refractivity contribution in [1.29, 1.82) is 0 Å². The van der Waals surface area contributed by atoms with Crippen LogP contribution < -0.4 is 10.6 Å². The van der Waals surface area contributed by atoms with E-state index in [1.807, 2.05) is 0 Å². The Labute approximate surface area is 165 Å². The van der Waals surface area contributed by atoms with Crippen molar-refractivity contribution in [2.45, 2.75) is 44.6 Å². The predicted octanol–water partition coefficient (Wildman–Crippen LogP) is 2.90. The van der Waals surface area contributed by atoms with E-state index in [0.29, 0.717) is 36.5 Å². The fraction of sp³-hybridized carbons (Fsp3) is 0.636. The lowest BCUT2D eigenvalue weighted by molar-refractivity contribution is -0.134. The maximum atomic E-state index is 13.2. The number of methoxy groups -OCH3 is 1. The van der Waals surface area contributed by atoms with E-state index in [4.69, 9.17) is 4.74 Å². The zero-order valence-corrected chi connectivity index (χ0v) is 16.4. The number of benzene rings is 1. The van der Waals surface area contributed by atoms with Gasteiger partial charge in [0.15, 0.2) is 0 Å². The fourth-order valence-electron chi connectivity index (χ4n) is 6.22. The number of ether oxygens (including phenoxy) is 1. The number of halogens is 1. The molecule has 0 aromatic heterocycles. The first-order chi connectivity index (χ1) is 13.5. The van der Waals surface area contributed by atoms with Crippen LogP contribution in [0, 0.1) is 29.0 Å². The molecule has 152 valence electrons. The van der Waals surface area contributed by atoms with Gasteiger partial charge in [0.2, 0.25) is 5.91 Å². The summed E-state index contributed by atoms with van der Waals surface area (Å²) in [6.45, 7) is 0.857. The Morgan fingerprint density at radius 3 is 2.21 bits per heavy atom. The third-order valence-corrected chi connectivity index (χ3v) is 6.95. The molecule has 0 saturated heterocycles. The molecule has 5 nitrogen and oxygen atoms in total. The molecule has 4 aliphatic carbocycles. The molecule has 6 heteroatoms. The van der Waals surface area contributed by atoms with Gasteiger partial charge in [0.25, 0.3) is 5.91 Å². The van der Waals surface area contributed by atoms with Crippen LogP contribution in [0.2, 0.25) is 0 Å². The van der Waals surface area contributed by atoms with Crippen molar-refractivity contribution >= 4 is 11.8 Å². The molecule has 1 atom stereocenters. The van der Waals surface area contributed by atoms with Gasteiger partial charge in [-0.05, 0) is 80.5 Å². The van der Waals surface area contributed by atoms with Crippen LogP contribution in [0.3, 0.4) is 0 Å². The van der Waals surface area contributed by atoms with E-state index in [9.17, 15) is 14.0 Å². The average molecular weight is 388 g/mol. The Morgan fingerprint density at radius 2 is 1.68 bits per heavy atom. The summed E-state index contributed by atoms with van der Waals surface area (Å²) in [6, 6.07) is 4.91. The van der Waals surface area contributed by atoms with Crippen molar-refractivity contribution in [2.75, 3.05) is 20.3 Å². The molecule has 5 rings (SSSR count). The van der Waals surface area contributed by atoms with E-state index < -0.39 is 6.04 Å². The van der Waals surface area contributed by atoms with Gasteiger partial charge in [0.05, 0.1) is 6.61 Å². The summed E-state index contributed by atoms with van der Waals surface area (Å²) >= 11 is 0. The number of carbonyl (C=O) groups is 2. The smallest absolute Gasteiger partial charge is 0.251 e. The first kappa shape index (κ1) is 19.4. The van der Waals surface area contributed by atoms with Crippen molar-refractivity contribution in [2.24, 2.45) is 23.2 Å². The minimum atomic E-state index is -0.560. The quantitative estimate of drug-likeness (QED) is 0.706. The summed E-state index contributed by atoms with van der Waals surface area (Å²) in [5, 5.41) is 5.96. The predicted molar refractivity (Wildman–Crippen MR) is 103 cm³/mol. The van der Waals surface area contributed by atoms with Crippen LogP contribution in [-0.2, 0) is 9.53 Å². The summed E-state index contributed by atoms with van der Waals surface area (Å²) in [5.74, 6) is 1.18. The number of hydrogen-bond acceptors (Lipinski definition) is 3. The van der Waals surface area contributed by atoms with E-state index >= 15 is 0 Å². The summed E-state index contributed by atoms with van der Waals surface area (Å²) < 4.78 is 18.3. The lowest BCUT2D eigenvalue weighted by atomic mass is 9.47. The van der Waals surface area contributed by atoms with Gasteiger partial charge < -0.3 is 15.4 Å². The van der Waals surface area contributed by atoms with Gasteiger partial charge in [0.1, 0.15) is 11.9 Å². The number of amides is 2. The molecule has 0 radical (unpaired) electrons. The van der Waals surface area contributed by atoms with Gasteiger partial charge in [-0.3, -0.25) is 9.59 Å². The molecule has 2 amide bonds. The topological polar surface area (TPSA) is 67.4 Å². The van der Waals surface area contributed by atoms with E-state index in [1.54, 1.807) is 7.11 Å². The van der Waals surface area contributed by atoms with Crippen molar-refractivity contribution in [1.82, 2.24) is 10.6 Å². The Kier molecular flexibility index (Phi) is 5.41. The van der Waals surface area contributed by atoms with Crippen LogP contribution in [0.4, 0.5) is 4.39 Å². The molecule has 1 unspecified atom stereocenters. The van der Waals surface area contributed by atoms with E-state index in [1.165, 1.54) is 43.5 Å². The molecule has 4 aliphatic rings. The molecule has 0 heterocycles. The van der Waals surface area contributed by atoms with Crippen LogP contribution in [0.15, 0.2) is 24.3 Å². The van der Waals surface area contributed by atoms with Crippen molar-refractivity contribution in [3.63, 3.8) is 0 Å². The largest absolute Gasteiger partial charge is 0.383 e. The molecule has 4 bridgehead atoms. The van der Waals surface area contributed by atoms with Crippen molar-refractivity contribution < 1.29 is 18.7 Å². The van der Waals surface area contributed by atoms with Crippen molar-refractivity contribution in [3.05, 3.63) is 35.6 Å². The van der Waals surface area contributed by atoms with Crippen LogP contribution in [0.5, 0.6) is 0 Å². The fourth-order valence-corrected chi connectivity index (χ4v) is 6.22. The standard InChI is InChI=1S/C22H29FN2O3/c1-28-7-6-24-21(27)19(25-20(26)17-2-4-18(23)5-3-17)22-11-14-8-15(12-22)10-16(9-14)13-22/h2-5,14-16,19H,6-13H2,1H3,(H,24,27)(H,25,26). The molecular weight excluding hydrogens is 359 g/mol. The Morgan fingerprint density at radius 1 is 1.11 bits per heavy atom. The van der Waals surface area contributed by atoms with E-state index in [0.717, 1.165) is 19.3 Å². The van der Waals surface area contributed by atoms with E-state index in [-0.39, 0.29) is 23.0 Å². The van der Waals surface area contributed by atoms with Crippen LogP contribution in [0.25, 0.3) is 0 Å². The molecule has 4 saturated carbocycles. The molecule has 2 N–H and O–H groups in total. The number of hydrogen-bond donors (Lipinski definition) is 2. The Hall–Kier alpha value is -1.95. The summed E-state index contributed by atoms with van der Waals surface area (Å²) in [6.07, 6.45) is 6.82. The minimum Gasteiger partial charge on any atom is -0.383 e. The number of carbonyl (C=O) groups excluding carboxylic acids is 2. The highest BCUT2D eigenvalue weighted by molar-refractivity contribution is 5.97. The third-order valence-electron chi connectivity index (χ3n) is 6.95. The van der Waals surface area contributed by atoms with E-state index in [2.05, 4.69) is 10.6 Å². The van der Waals surface area contributed by atoms with Gasteiger partial charge in [-0.1, -0.05) is 0 Å². The minimum absolute atomic E-state index is 0.130. The zero-order chi connectivity index (χ0) is 19.7. The average Bonchev–Trinajstić information content (AvgIpc) is 2.65. The lowest BCUT2D eigenvalue weighted by Crippen LogP contribution is -2.62. The Bertz CT molecular complexity index is 699. The highest BCUT2D eigenvalue weighted by atomic mass is 19.1.